The Hall–Kier alpha value is -2.96. The molecule has 7 heteroatoms. The van der Waals surface area contributed by atoms with E-state index in [4.69, 9.17) is 4.74 Å². The molecule has 1 saturated carbocycles. The molecule has 146 valence electrons. The van der Waals surface area contributed by atoms with Crippen molar-refractivity contribution >= 4 is 29.4 Å². The summed E-state index contributed by atoms with van der Waals surface area (Å²) in [6, 6.07) is 6.49. The first kappa shape index (κ1) is 18.4. The number of likely N-dealkylation sites (tertiary alicyclic amines) is 1. The Labute approximate surface area is 162 Å². The van der Waals surface area contributed by atoms with Gasteiger partial charge in [-0.25, -0.2) is 4.79 Å². The first-order chi connectivity index (χ1) is 13.4. The van der Waals surface area contributed by atoms with E-state index in [2.05, 4.69) is 5.32 Å². The van der Waals surface area contributed by atoms with E-state index in [0.717, 1.165) is 11.3 Å². The van der Waals surface area contributed by atoms with Crippen LogP contribution in [0.15, 0.2) is 36.4 Å². The lowest BCUT2D eigenvalue weighted by Gasteiger charge is -2.17. The summed E-state index contributed by atoms with van der Waals surface area (Å²) < 4.78 is 5.19. The predicted octanol–water partition coefficient (Wildman–Crippen LogP) is 2.00. The van der Waals surface area contributed by atoms with Crippen molar-refractivity contribution in [1.29, 1.82) is 0 Å². The summed E-state index contributed by atoms with van der Waals surface area (Å²) in [5.74, 6) is -2.06. The van der Waals surface area contributed by atoms with Crippen molar-refractivity contribution in [2.45, 2.75) is 26.4 Å². The molecule has 0 unspecified atom stereocenters. The number of hydrogen-bond acceptors (Lipinski definition) is 5. The molecule has 3 amide bonds. The van der Waals surface area contributed by atoms with Crippen molar-refractivity contribution in [2.75, 3.05) is 11.9 Å². The number of esters is 1. The molecule has 1 heterocycles. The summed E-state index contributed by atoms with van der Waals surface area (Å²) in [6.07, 6.45) is 4.58. The van der Waals surface area contributed by atoms with Crippen LogP contribution in [0.2, 0.25) is 0 Å². The van der Waals surface area contributed by atoms with Crippen LogP contribution in [0.5, 0.6) is 0 Å². The van der Waals surface area contributed by atoms with E-state index in [1.807, 2.05) is 12.2 Å². The Morgan fingerprint density at radius 1 is 1.11 bits per heavy atom. The maximum Gasteiger partial charge on any atom is 0.340 e. The minimum atomic E-state index is -0.545. The van der Waals surface area contributed by atoms with Gasteiger partial charge in [-0.2, -0.15) is 0 Å². The third kappa shape index (κ3) is 3.00. The Kier molecular flexibility index (Phi) is 4.53. The molecule has 2 aliphatic carbocycles. The van der Waals surface area contributed by atoms with E-state index < -0.39 is 11.9 Å². The standard InChI is InChI=1S/C21H22N2O5/c1-11(2)28-21(27)14-5-3-4-6-15(14)22-16(24)10-23-19(25)17-12-7-8-13(9-12)18(17)20(23)26/h3-8,11-13,17-18H,9-10H2,1-2H3,(H,22,24)/t12-,13-,17+,18+/m0/s1. The van der Waals surface area contributed by atoms with E-state index in [9.17, 15) is 19.2 Å². The highest BCUT2D eigenvalue weighted by Gasteiger charge is 2.59. The van der Waals surface area contributed by atoms with Crippen LogP contribution in [0.1, 0.15) is 30.6 Å². The molecule has 0 aromatic heterocycles. The average molecular weight is 382 g/mol. The first-order valence-corrected chi connectivity index (χ1v) is 9.50. The number of nitrogens with one attached hydrogen (secondary N) is 1. The molecule has 2 bridgehead atoms. The fraction of sp³-hybridized carbons (Fsp3) is 0.429. The van der Waals surface area contributed by atoms with E-state index in [0.29, 0.717) is 5.69 Å². The number of rotatable bonds is 5. The number of fused-ring (bicyclic) bond motifs is 5. The monoisotopic (exact) mass is 382 g/mol. The number of amides is 3. The van der Waals surface area contributed by atoms with Crippen molar-refractivity contribution < 1.29 is 23.9 Å². The molecule has 0 radical (unpaired) electrons. The van der Waals surface area contributed by atoms with Crippen molar-refractivity contribution in [3.05, 3.63) is 42.0 Å². The second kappa shape index (κ2) is 6.89. The minimum absolute atomic E-state index is 0.103. The highest BCUT2D eigenvalue weighted by molar-refractivity contribution is 6.10. The first-order valence-electron chi connectivity index (χ1n) is 9.50. The van der Waals surface area contributed by atoms with Crippen molar-refractivity contribution in [2.24, 2.45) is 23.7 Å². The largest absolute Gasteiger partial charge is 0.459 e. The zero-order valence-corrected chi connectivity index (χ0v) is 15.8. The van der Waals surface area contributed by atoms with Crippen LogP contribution in [0.25, 0.3) is 0 Å². The van der Waals surface area contributed by atoms with Crippen LogP contribution in [-0.2, 0) is 19.1 Å². The van der Waals surface area contributed by atoms with Gasteiger partial charge in [-0.15, -0.1) is 0 Å². The molecule has 1 saturated heterocycles. The lowest BCUT2D eigenvalue weighted by molar-refractivity contribution is -0.143. The van der Waals surface area contributed by atoms with Crippen LogP contribution in [0, 0.1) is 23.7 Å². The van der Waals surface area contributed by atoms with Crippen LogP contribution < -0.4 is 5.32 Å². The molecular formula is C21H22N2O5. The lowest BCUT2D eigenvalue weighted by atomic mass is 9.85. The van der Waals surface area contributed by atoms with Crippen molar-refractivity contribution in [1.82, 2.24) is 4.90 Å². The predicted molar refractivity (Wildman–Crippen MR) is 100 cm³/mol. The number of hydrogen-bond donors (Lipinski definition) is 1. The second-order valence-electron chi connectivity index (χ2n) is 7.81. The Morgan fingerprint density at radius 2 is 1.71 bits per heavy atom. The van der Waals surface area contributed by atoms with Gasteiger partial charge in [-0.05, 0) is 44.2 Å². The molecule has 3 aliphatic rings. The number of carbonyl (C=O) groups is 4. The molecule has 4 rings (SSSR count). The molecule has 1 aromatic carbocycles. The SMILES string of the molecule is CC(C)OC(=O)c1ccccc1NC(=O)CN1C(=O)[C@H]2[C@H](C1=O)[C@H]1C=C[C@H]2C1. The summed E-state index contributed by atoms with van der Waals surface area (Å²) in [7, 11) is 0. The number of ether oxygens (including phenoxy) is 1. The summed E-state index contributed by atoms with van der Waals surface area (Å²) in [5, 5.41) is 2.63. The number of carbonyl (C=O) groups excluding carboxylic acids is 4. The molecule has 4 atom stereocenters. The number of allylic oxidation sites excluding steroid dienone is 2. The molecule has 2 fully saturated rings. The maximum absolute atomic E-state index is 12.7. The van der Waals surface area contributed by atoms with E-state index in [1.165, 1.54) is 0 Å². The minimum Gasteiger partial charge on any atom is -0.459 e. The number of benzene rings is 1. The quantitative estimate of drug-likeness (QED) is 0.478. The Bertz CT molecular complexity index is 861. The van der Waals surface area contributed by atoms with Crippen LogP contribution in [0.3, 0.4) is 0 Å². The normalized spacial score (nSPS) is 27.5. The van der Waals surface area contributed by atoms with Crippen LogP contribution in [-0.4, -0.2) is 41.2 Å². The van der Waals surface area contributed by atoms with Crippen molar-refractivity contribution in [3.8, 4) is 0 Å². The molecule has 28 heavy (non-hydrogen) atoms. The highest BCUT2D eigenvalue weighted by Crippen LogP contribution is 2.52. The van der Waals surface area contributed by atoms with Gasteiger partial charge in [-0.3, -0.25) is 19.3 Å². The van der Waals surface area contributed by atoms with Gasteiger partial charge in [0.05, 0.1) is 29.2 Å². The number of nitrogens with zero attached hydrogens (tertiary/aromatic N) is 1. The highest BCUT2D eigenvalue weighted by atomic mass is 16.5. The summed E-state index contributed by atoms with van der Waals surface area (Å²) >= 11 is 0. The van der Waals surface area contributed by atoms with Gasteiger partial charge in [0.25, 0.3) is 0 Å². The van der Waals surface area contributed by atoms with Gasteiger partial charge >= 0.3 is 5.97 Å². The third-order valence-electron chi connectivity index (χ3n) is 5.63. The smallest absolute Gasteiger partial charge is 0.340 e. The number of anilines is 1. The molecule has 1 N–H and O–H groups in total. The van der Waals surface area contributed by atoms with Gasteiger partial charge in [0.15, 0.2) is 0 Å². The summed E-state index contributed by atoms with van der Waals surface area (Å²) in [6.45, 7) is 3.13. The van der Waals surface area contributed by atoms with E-state index >= 15 is 0 Å². The summed E-state index contributed by atoms with van der Waals surface area (Å²) in [5.41, 5.74) is 0.516. The second-order valence-corrected chi connectivity index (χ2v) is 7.81. The lowest BCUT2D eigenvalue weighted by Crippen LogP contribution is -2.39. The van der Waals surface area contributed by atoms with E-state index in [1.54, 1.807) is 38.1 Å². The molecule has 1 aliphatic heterocycles. The van der Waals surface area contributed by atoms with Gasteiger partial charge in [-0.1, -0.05) is 24.3 Å². The van der Waals surface area contributed by atoms with Gasteiger partial charge in [0, 0.05) is 0 Å². The van der Waals surface area contributed by atoms with Crippen LogP contribution in [0.4, 0.5) is 5.69 Å². The topological polar surface area (TPSA) is 92.8 Å². The fourth-order valence-corrected chi connectivity index (χ4v) is 4.50. The van der Waals surface area contributed by atoms with Gasteiger partial charge in [0.2, 0.25) is 17.7 Å². The zero-order chi connectivity index (χ0) is 20.0. The Morgan fingerprint density at radius 3 is 2.32 bits per heavy atom. The number of para-hydroxylation sites is 1. The molecule has 1 aromatic rings. The van der Waals surface area contributed by atoms with Crippen LogP contribution >= 0.6 is 0 Å². The van der Waals surface area contributed by atoms with E-state index in [-0.39, 0.29) is 53.7 Å². The molecule has 7 nitrogen and oxygen atoms in total. The number of imide groups is 1. The van der Waals surface area contributed by atoms with Crippen molar-refractivity contribution in [3.63, 3.8) is 0 Å². The Balaban J connectivity index is 1.45. The average Bonchev–Trinajstić information content (AvgIpc) is 3.31. The fourth-order valence-electron chi connectivity index (χ4n) is 4.50. The van der Waals surface area contributed by atoms with Gasteiger partial charge in [0.1, 0.15) is 6.54 Å². The molecule has 0 spiro atoms. The third-order valence-corrected chi connectivity index (χ3v) is 5.63. The zero-order valence-electron chi connectivity index (χ0n) is 15.8. The van der Waals surface area contributed by atoms with Gasteiger partial charge < -0.3 is 10.1 Å². The maximum atomic E-state index is 12.7. The molecular weight excluding hydrogens is 360 g/mol. The summed E-state index contributed by atoms with van der Waals surface area (Å²) in [4.78, 5) is 51.2.